The van der Waals surface area contributed by atoms with Crippen molar-refractivity contribution in [2.24, 2.45) is 0 Å². The third-order valence-electron chi connectivity index (χ3n) is 4.00. The van der Waals surface area contributed by atoms with Crippen LogP contribution >= 0.6 is 0 Å². The van der Waals surface area contributed by atoms with E-state index in [9.17, 15) is 0 Å². The lowest BCUT2D eigenvalue weighted by Gasteiger charge is -2.08. The number of aromatic nitrogens is 1. The van der Waals surface area contributed by atoms with Gasteiger partial charge in [0.05, 0.1) is 0 Å². The van der Waals surface area contributed by atoms with Crippen molar-refractivity contribution in [2.75, 3.05) is 0 Å². The molecule has 1 heterocycles. The van der Waals surface area contributed by atoms with Crippen LogP contribution in [0.5, 0.6) is 0 Å². The molecule has 0 spiro atoms. The first-order valence-corrected chi connectivity index (χ1v) is 7.28. The zero-order valence-electron chi connectivity index (χ0n) is 11.7. The summed E-state index contributed by atoms with van der Waals surface area (Å²) in [6.07, 6.45) is 7.66. The van der Waals surface area contributed by atoms with Crippen LogP contribution in [0.25, 0.3) is 22.9 Å². The highest BCUT2D eigenvalue weighted by molar-refractivity contribution is 5.72. The van der Waals surface area contributed by atoms with Gasteiger partial charge < -0.3 is 0 Å². The number of pyridine rings is 1. The Labute approximate surface area is 124 Å². The molecule has 1 aromatic heterocycles. The van der Waals surface area contributed by atoms with Gasteiger partial charge in [-0.05, 0) is 17.5 Å². The fourth-order valence-electron chi connectivity index (χ4n) is 3.00. The monoisotopic (exact) mass is 270 g/mol. The quantitative estimate of drug-likeness (QED) is 0.614. The van der Waals surface area contributed by atoms with Gasteiger partial charge in [0, 0.05) is 29.8 Å². The van der Waals surface area contributed by atoms with E-state index in [2.05, 4.69) is 89.6 Å². The summed E-state index contributed by atoms with van der Waals surface area (Å²) in [5.74, 6) is 0. The maximum absolute atomic E-state index is 2.27. The Morgan fingerprint density at radius 2 is 1.48 bits per heavy atom. The number of para-hydroxylation sites is 1. The number of hydrogen-bond acceptors (Lipinski definition) is 0. The van der Waals surface area contributed by atoms with E-state index in [0.717, 1.165) is 6.42 Å². The van der Waals surface area contributed by atoms with Crippen LogP contribution in [0.1, 0.15) is 11.3 Å². The summed E-state index contributed by atoms with van der Waals surface area (Å²) in [6.45, 7) is 0. The smallest absolute Gasteiger partial charge is 0.160 e. The van der Waals surface area contributed by atoms with Crippen molar-refractivity contribution in [3.8, 4) is 16.8 Å². The first-order chi connectivity index (χ1) is 10.4. The maximum Gasteiger partial charge on any atom is 0.214 e. The van der Waals surface area contributed by atoms with Crippen molar-refractivity contribution in [3.05, 3.63) is 90.3 Å². The van der Waals surface area contributed by atoms with E-state index in [1.54, 1.807) is 0 Å². The minimum atomic E-state index is 1.01. The minimum Gasteiger partial charge on any atom is -0.160 e. The molecule has 100 valence electrons. The van der Waals surface area contributed by atoms with Gasteiger partial charge in [-0.2, -0.15) is 4.57 Å². The molecule has 0 fully saturated rings. The summed E-state index contributed by atoms with van der Waals surface area (Å²) in [6, 6.07) is 23.4. The van der Waals surface area contributed by atoms with Crippen LogP contribution in [0, 0.1) is 0 Å². The Hall–Kier alpha value is -2.67. The largest absolute Gasteiger partial charge is 0.214 e. The average molecular weight is 270 g/mol. The molecule has 2 aromatic carbocycles. The van der Waals surface area contributed by atoms with Gasteiger partial charge >= 0.3 is 0 Å². The third-order valence-corrected chi connectivity index (χ3v) is 4.00. The molecule has 0 N–H and O–H groups in total. The predicted octanol–water partition coefficient (Wildman–Crippen LogP) is 4.20. The lowest BCUT2D eigenvalue weighted by molar-refractivity contribution is -0.597. The molecule has 1 nitrogen and oxygen atoms in total. The molecule has 1 aliphatic carbocycles. The van der Waals surface area contributed by atoms with Crippen LogP contribution < -0.4 is 4.57 Å². The number of nitrogens with zero attached hydrogens (tertiary/aromatic N) is 1. The van der Waals surface area contributed by atoms with E-state index >= 15 is 0 Å². The molecule has 0 unspecified atom stereocenters. The van der Waals surface area contributed by atoms with Crippen molar-refractivity contribution >= 4 is 6.08 Å². The molecule has 0 saturated carbocycles. The topological polar surface area (TPSA) is 3.88 Å². The van der Waals surface area contributed by atoms with Crippen molar-refractivity contribution in [1.82, 2.24) is 0 Å². The molecule has 0 atom stereocenters. The standard InChI is InChI=1S/C20H16N/c1-3-8-16(9-4-1)18-14-15-21(17-10-5-2-6-11-17)20-13-7-12-19(18)20/h1-11,13-15H,12H2/q+1. The molecular formula is C20H16N+. The molecule has 1 aliphatic rings. The number of fused-ring (bicyclic) bond motifs is 1. The SMILES string of the molecule is C1=Cc2c(c(-c3ccccc3)cc[n+]2-c2ccccc2)C1. The Balaban J connectivity index is 1.91. The van der Waals surface area contributed by atoms with Gasteiger partial charge in [0.2, 0.25) is 11.4 Å². The van der Waals surface area contributed by atoms with Gasteiger partial charge in [-0.15, -0.1) is 0 Å². The van der Waals surface area contributed by atoms with Crippen LogP contribution in [-0.2, 0) is 6.42 Å². The van der Waals surface area contributed by atoms with Gasteiger partial charge in [0.25, 0.3) is 0 Å². The van der Waals surface area contributed by atoms with E-state index in [4.69, 9.17) is 0 Å². The zero-order valence-corrected chi connectivity index (χ0v) is 11.7. The Morgan fingerprint density at radius 1 is 0.762 bits per heavy atom. The fraction of sp³-hybridized carbons (Fsp3) is 0.0500. The van der Waals surface area contributed by atoms with Crippen LogP contribution in [0.15, 0.2) is 79.0 Å². The highest BCUT2D eigenvalue weighted by atomic mass is 15.0. The highest BCUT2D eigenvalue weighted by Gasteiger charge is 2.22. The predicted molar refractivity (Wildman–Crippen MR) is 86.1 cm³/mol. The molecule has 0 amide bonds. The highest BCUT2D eigenvalue weighted by Crippen LogP contribution is 2.29. The molecule has 1 heteroatoms. The molecule has 0 saturated heterocycles. The zero-order chi connectivity index (χ0) is 14.1. The maximum atomic E-state index is 2.27. The van der Waals surface area contributed by atoms with Crippen LogP contribution in [0.3, 0.4) is 0 Å². The van der Waals surface area contributed by atoms with E-state index in [1.807, 2.05) is 0 Å². The number of benzene rings is 2. The molecule has 0 aliphatic heterocycles. The van der Waals surface area contributed by atoms with E-state index in [-0.39, 0.29) is 0 Å². The summed E-state index contributed by atoms with van der Waals surface area (Å²) >= 11 is 0. The summed E-state index contributed by atoms with van der Waals surface area (Å²) in [5.41, 5.74) is 6.54. The lowest BCUT2D eigenvalue weighted by atomic mass is 9.99. The molecule has 3 aromatic rings. The molecule has 0 radical (unpaired) electrons. The second-order valence-electron chi connectivity index (χ2n) is 5.27. The number of allylic oxidation sites excluding steroid dienone is 1. The Bertz CT molecular complexity index is 802. The van der Waals surface area contributed by atoms with Crippen molar-refractivity contribution in [3.63, 3.8) is 0 Å². The Kier molecular flexibility index (Phi) is 2.89. The second-order valence-corrected chi connectivity index (χ2v) is 5.27. The minimum absolute atomic E-state index is 1.01. The van der Waals surface area contributed by atoms with Crippen LogP contribution in [0.4, 0.5) is 0 Å². The summed E-state index contributed by atoms with van der Waals surface area (Å²) in [7, 11) is 0. The van der Waals surface area contributed by atoms with Gasteiger partial charge in [-0.3, -0.25) is 0 Å². The van der Waals surface area contributed by atoms with Gasteiger partial charge in [0.1, 0.15) is 0 Å². The van der Waals surface area contributed by atoms with E-state index < -0.39 is 0 Å². The van der Waals surface area contributed by atoms with E-state index in [0.29, 0.717) is 0 Å². The van der Waals surface area contributed by atoms with Crippen LogP contribution in [0.2, 0.25) is 0 Å². The summed E-state index contributed by atoms with van der Waals surface area (Å²) < 4.78 is 2.27. The average Bonchev–Trinajstić information content (AvgIpc) is 3.05. The third kappa shape index (κ3) is 2.07. The molecule has 21 heavy (non-hydrogen) atoms. The molecule has 4 rings (SSSR count). The van der Waals surface area contributed by atoms with Crippen LogP contribution in [-0.4, -0.2) is 0 Å². The van der Waals surface area contributed by atoms with Crippen molar-refractivity contribution in [2.45, 2.75) is 6.42 Å². The first-order valence-electron chi connectivity index (χ1n) is 7.28. The lowest BCUT2D eigenvalue weighted by Crippen LogP contribution is -2.34. The molecular weight excluding hydrogens is 254 g/mol. The molecule has 0 bridgehead atoms. The number of rotatable bonds is 2. The van der Waals surface area contributed by atoms with E-state index in [1.165, 1.54) is 28.1 Å². The normalized spacial score (nSPS) is 12.4. The summed E-state index contributed by atoms with van der Waals surface area (Å²) in [4.78, 5) is 0. The summed E-state index contributed by atoms with van der Waals surface area (Å²) in [5, 5.41) is 0. The van der Waals surface area contributed by atoms with Gasteiger partial charge in [0.15, 0.2) is 6.20 Å². The van der Waals surface area contributed by atoms with Crippen molar-refractivity contribution < 1.29 is 4.57 Å². The first kappa shape index (κ1) is 12.1. The van der Waals surface area contributed by atoms with Gasteiger partial charge in [-0.25, -0.2) is 0 Å². The Morgan fingerprint density at radius 3 is 2.24 bits per heavy atom. The second kappa shape index (κ2) is 5.02. The van der Waals surface area contributed by atoms with Crippen molar-refractivity contribution in [1.29, 1.82) is 0 Å². The fourth-order valence-corrected chi connectivity index (χ4v) is 3.00. The number of hydrogen-bond donors (Lipinski definition) is 0. The van der Waals surface area contributed by atoms with Gasteiger partial charge in [-0.1, -0.05) is 54.6 Å².